The lowest BCUT2D eigenvalue weighted by molar-refractivity contribution is -0.393. The molecule has 0 amide bonds. The Morgan fingerprint density at radius 1 is 0.462 bits per heavy atom. The summed E-state index contributed by atoms with van der Waals surface area (Å²) >= 11 is 0. The Bertz CT molecular complexity index is 1370. The number of ether oxygens (including phenoxy) is 8. The van der Waals surface area contributed by atoms with Crippen molar-refractivity contribution in [3.05, 3.63) is 0 Å². The molecule has 23 nitrogen and oxygen atoms in total. The zero-order valence-corrected chi connectivity index (χ0v) is 30.2. The van der Waals surface area contributed by atoms with Crippen LogP contribution >= 0.6 is 0 Å². The van der Waals surface area contributed by atoms with E-state index in [1.54, 1.807) is 6.92 Å². The molecule has 52 heavy (non-hydrogen) atoms. The summed E-state index contributed by atoms with van der Waals surface area (Å²) in [5.74, 6) is 0. The van der Waals surface area contributed by atoms with Gasteiger partial charge in [0.15, 0.2) is 37.4 Å². The summed E-state index contributed by atoms with van der Waals surface area (Å²) in [6.07, 6.45) is -33.5. The van der Waals surface area contributed by atoms with Crippen LogP contribution in [0.1, 0.15) is 41.0 Å². The number of aliphatic hydroxyl groups excluding tert-OH is 7. The van der Waals surface area contributed by atoms with E-state index in [0.29, 0.717) is 6.42 Å². The van der Waals surface area contributed by atoms with Gasteiger partial charge in [0.1, 0.15) is 61.0 Å². The summed E-state index contributed by atoms with van der Waals surface area (Å²) in [6, 6.07) is 0. The lowest BCUT2D eigenvalue weighted by Gasteiger charge is -2.49. The van der Waals surface area contributed by atoms with Crippen LogP contribution in [-0.2, 0) is 67.1 Å². The number of hydrogen-bond donors (Lipinski definition) is 9. The van der Waals surface area contributed by atoms with Crippen molar-refractivity contribution in [3.63, 3.8) is 0 Å². The highest BCUT2D eigenvalue weighted by atomic mass is 32.3. The maximum absolute atomic E-state index is 11.7. The molecule has 0 spiro atoms. The number of hydrogen-bond acceptors (Lipinski definition) is 21. The predicted octanol–water partition coefficient (Wildman–Crippen LogP) is -4.55. The first-order valence-electron chi connectivity index (χ1n) is 16.3. The minimum absolute atomic E-state index is 0.0448. The zero-order chi connectivity index (χ0) is 39.0. The Morgan fingerprint density at radius 2 is 0.827 bits per heavy atom. The van der Waals surface area contributed by atoms with Crippen molar-refractivity contribution in [1.82, 2.24) is 0 Å². The Labute approximate surface area is 299 Å². The van der Waals surface area contributed by atoms with Crippen LogP contribution in [0, 0.1) is 0 Å². The minimum Gasteiger partial charge on any atom is -0.388 e. The molecule has 20 atom stereocenters. The highest BCUT2D eigenvalue weighted by Gasteiger charge is 2.56. The molecule has 0 aliphatic carbocycles. The first kappa shape index (κ1) is 43.9. The van der Waals surface area contributed by atoms with E-state index in [9.17, 15) is 61.7 Å². The SMILES string of the molecule is CCCO[C@@H]1O[C@@H](C)[C@@H](O)[C@@H](O[C@@H]2O[C@@H](C)[C@@H](O)[C@@H](O[C@@H]3O[C@@H](C)[C@@H](O)[C@@H](O)[C@@H]3OS(=O)(=O)O)[C@@H]2O)[C@@H]1O[C@@H]1O[C@@H](C)[C@@H](O)[C@@H](O)[C@@H]1OS(=O)(=O)O. The van der Waals surface area contributed by atoms with Gasteiger partial charge in [0.25, 0.3) is 0 Å². The third-order valence-electron chi connectivity index (χ3n) is 8.93. The Balaban J connectivity index is 1.65. The normalized spacial score (nSPS) is 48.0. The fourth-order valence-corrected chi connectivity index (χ4v) is 7.07. The van der Waals surface area contributed by atoms with Crippen molar-refractivity contribution >= 4 is 20.8 Å². The average Bonchev–Trinajstić information content (AvgIpc) is 3.04. The molecular weight excluding hydrogens is 756 g/mol. The van der Waals surface area contributed by atoms with Gasteiger partial charge in [-0.25, -0.2) is 8.37 Å². The van der Waals surface area contributed by atoms with Crippen LogP contribution in [0.15, 0.2) is 0 Å². The number of rotatable bonds is 13. The minimum atomic E-state index is -5.28. The molecule has 0 aromatic rings. The second kappa shape index (κ2) is 17.5. The van der Waals surface area contributed by atoms with Crippen LogP contribution < -0.4 is 0 Å². The zero-order valence-electron chi connectivity index (χ0n) is 28.5. The van der Waals surface area contributed by atoms with Crippen LogP contribution in [0.25, 0.3) is 0 Å². The van der Waals surface area contributed by atoms with Crippen molar-refractivity contribution < 1.29 is 108 Å². The molecular formula is C27H48O23S2. The van der Waals surface area contributed by atoms with E-state index in [0.717, 1.165) is 0 Å². The Hall–Kier alpha value is -0.860. The van der Waals surface area contributed by atoms with E-state index in [1.165, 1.54) is 27.7 Å². The maximum atomic E-state index is 11.7. The number of aliphatic hydroxyl groups is 7. The monoisotopic (exact) mass is 804 g/mol. The fraction of sp³-hybridized carbons (Fsp3) is 1.00. The molecule has 0 aromatic heterocycles. The van der Waals surface area contributed by atoms with Gasteiger partial charge in [-0.3, -0.25) is 9.11 Å². The van der Waals surface area contributed by atoms with Crippen molar-refractivity contribution in [1.29, 1.82) is 0 Å². The summed E-state index contributed by atoms with van der Waals surface area (Å²) in [6.45, 7) is 7.14. The van der Waals surface area contributed by atoms with Crippen molar-refractivity contribution in [3.8, 4) is 0 Å². The van der Waals surface area contributed by atoms with E-state index in [2.05, 4.69) is 8.37 Å². The van der Waals surface area contributed by atoms with Gasteiger partial charge in [-0.15, -0.1) is 0 Å². The van der Waals surface area contributed by atoms with E-state index in [4.69, 9.17) is 37.9 Å². The van der Waals surface area contributed by atoms with Crippen LogP contribution in [0.3, 0.4) is 0 Å². The van der Waals surface area contributed by atoms with Crippen LogP contribution in [0.5, 0.6) is 0 Å². The molecule has 0 saturated carbocycles. The van der Waals surface area contributed by atoms with E-state index in [1.807, 2.05) is 0 Å². The molecule has 4 rings (SSSR count). The molecule has 4 fully saturated rings. The maximum Gasteiger partial charge on any atom is 0.397 e. The van der Waals surface area contributed by atoms with E-state index >= 15 is 0 Å². The molecule has 306 valence electrons. The molecule has 4 aliphatic rings. The van der Waals surface area contributed by atoms with Gasteiger partial charge in [-0.1, -0.05) is 6.92 Å². The molecule has 25 heteroatoms. The third kappa shape index (κ3) is 10.3. The molecule has 0 bridgehead atoms. The van der Waals surface area contributed by atoms with E-state index in [-0.39, 0.29) is 6.61 Å². The second-order valence-electron chi connectivity index (χ2n) is 12.9. The van der Waals surface area contributed by atoms with Gasteiger partial charge in [0.05, 0.1) is 24.4 Å². The highest BCUT2D eigenvalue weighted by Crippen LogP contribution is 2.36. The summed E-state index contributed by atoms with van der Waals surface area (Å²) < 4.78 is 120. The molecule has 0 aromatic carbocycles. The topological polar surface area (TPSA) is 343 Å². The van der Waals surface area contributed by atoms with Crippen LogP contribution in [0.2, 0.25) is 0 Å². The lowest BCUT2D eigenvalue weighted by Crippen LogP contribution is -2.67. The van der Waals surface area contributed by atoms with E-state index < -0.39 is 144 Å². The van der Waals surface area contributed by atoms with Gasteiger partial charge < -0.3 is 73.6 Å². The van der Waals surface area contributed by atoms with Gasteiger partial charge in [-0.2, -0.15) is 16.8 Å². The Kier molecular flexibility index (Phi) is 14.8. The van der Waals surface area contributed by atoms with Gasteiger partial charge >= 0.3 is 20.8 Å². The highest BCUT2D eigenvalue weighted by molar-refractivity contribution is 7.81. The fourth-order valence-electron chi connectivity index (χ4n) is 6.10. The van der Waals surface area contributed by atoms with Gasteiger partial charge in [0.2, 0.25) is 0 Å². The molecule has 4 aliphatic heterocycles. The molecule has 0 radical (unpaired) electrons. The smallest absolute Gasteiger partial charge is 0.388 e. The standard InChI is InChI=1S/C27H48O23S2/c1-6-7-41-25-23(48-27-22(50-52(38,39)40)17(33)13(29)9(3)45-27)20(15(31)11(5)43-25)47-24-18(34)19(14(30)10(4)42-24)46-26-21(49-51(35,36)37)16(32)12(28)8(2)44-26/h8-34H,6-7H2,1-5H3,(H,35,36,37)(H,38,39,40)/t8-,9-,10-,11-,12+,13+,14+,15+,16+,17+,18-,19+,20+,21-,22-,23-,24-,25+,26-,27-/m0/s1. The molecule has 4 saturated heterocycles. The van der Waals surface area contributed by atoms with Crippen molar-refractivity contribution in [2.24, 2.45) is 0 Å². The molecule has 0 unspecified atom stereocenters. The molecule has 9 N–H and O–H groups in total. The summed E-state index contributed by atoms with van der Waals surface area (Å²) in [5.41, 5.74) is 0. The predicted molar refractivity (Wildman–Crippen MR) is 163 cm³/mol. The quantitative estimate of drug-likeness (QED) is 0.0792. The first-order chi connectivity index (χ1) is 24.0. The summed E-state index contributed by atoms with van der Waals surface area (Å²) in [4.78, 5) is 0. The van der Waals surface area contributed by atoms with Gasteiger partial charge in [0, 0.05) is 6.61 Å². The third-order valence-corrected chi connectivity index (χ3v) is 9.87. The van der Waals surface area contributed by atoms with Crippen LogP contribution in [-0.4, -0.2) is 191 Å². The largest absolute Gasteiger partial charge is 0.397 e. The average molecular weight is 805 g/mol. The molecule has 4 heterocycles. The van der Waals surface area contributed by atoms with Crippen molar-refractivity contribution in [2.45, 2.75) is 164 Å². The second-order valence-corrected chi connectivity index (χ2v) is 15.0. The van der Waals surface area contributed by atoms with Crippen molar-refractivity contribution in [2.75, 3.05) is 6.61 Å². The first-order valence-corrected chi connectivity index (χ1v) is 19.0. The van der Waals surface area contributed by atoms with Crippen LogP contribution in [0.4, 0.5) is 0 Å². The summed E-state index contributed by atoms with van der Waals surface area (Å²) in [7, 11) is -10.5. The van der Waals surface area contributed by atoms with Gasteiger partial charge in [-0.05, 0) is 34.1 Å². The lowest BCUT2D eigenvalue weighted by atomic mass is 9.96. The summed E-state index contributed by atoms with van der Waals surface area (Å²) in [5, 5.41) is 75.4. The Morgan fingerprint density at radius 3 is 1.27 bits per heavy atom.